The molecule has 0 N–H and O–H groups in total. The first-order valence-electron chi connectivity index (χ1n) is 7.71. The van der Waals surface area contributed by atoms with Crippen LogP contribution in [-0.2, 0) is 11.2 Å². The number of benzene rings is 2. The number of hydrogen-bond acceptors (Lipinski definition) is 2. The van der Waals surface area contributed by atoms with Gasteiger partial charge in [-0.3, -0.25) is 9.78 Å². The molecule has 0 radical (unpaired) electrons. The number of ketones is 1. The maximum Gasteiger partial charge on any atom is 0.140 e. The quantitative estimate of drug-likeness (QED) is 0.721. The number of nitrogens with zero attached hydrogens (tertiary/aromatic N) is 1. The van der Waals surface area contributed by atoms with Gasteiger partial charge in [0.2, 0.25) is 0 Å². The van der Waals surface area contributed by atoms with Gasteiger partial charge in [0.15, 0.2) is 0 Å². The van der Waals surface area contributed by atoms with E-state index in [1.54, 1.807) is 6.20 Å². The summed E-state index contributed by atoms with van der Waals surface area (Å²) in [5.74, 6) is 0.996. The molecule has 1 heterocycles. The Morgan fingerprint density at radius 2 is 1.91 bits per heavy atom. The number of fused-ring (bicyclic) bond motifs is 1. The lowest BCUT2D eigenvalue weighted by atomic mass is 10.0. The first-order chi connectivity index (χ1) is 10.8. The van der Waals surface area contributed by atoms with Crippen LogP contribution in [0.15, 0.2) is 67.0 Å². The van der Waals surface area contributed by atoms with E-state index in [1.807, 2.05) is 42.6 Å². The highest BCUT2D eigenvalue weighted by Crippen LogP contribution is 2.48. The molecule has 0 unspecified atom stereocenters. The van der Waals surface area contributed by atoms with Gasteiger partial charge in [0.05, 0.1) is 0 Å². The van der Waals surface area contributed by atoms with Crippen molar-refractivity contribution in [2.24, 2.45) is 5.92 Å². The zero-order valence-corrected chi connectivity index (χ0v) is 12.3. The molecule has 0 spiro atoms. The smallest absolute Gasteiger partial charge is 0.140 e. The minimum atomic E-state index is 0.204. The lowest BCUT2D eigenvalue weighted by Gasteiger charge is -2.04. The fourth-order valence-corrected chi connectivity index (χ4v) is 3.19. The molecule has 2 atom stereocenters. The van der Waals surface area contributed by atoms with E-state index in [2.05, 4.69) is 23.2 Å². The Hall–Kier alpha value is -2.48. The highest BCUT2D eigenvalue weighted by atomic mass is 16.1. The normalized spacial score (nSPS) is 20.0. The molecule has 1 aliphatic rings. The number of pyridine rings is 1. The maximum atomic E-state index is 12.5. The summed E-state index contributed by atoms with van der Waals surface area (Å²) in [6, 6.07) is 18.6. The van der Waals surface area contributed by atoms with E-state index in [0.29, 0.717) is 18.1 Å². The van der Waals surface area contributed by atoms with E-state index in [0.717, 1.165) is 22.8 Å². The van der Waals surface area contributed by atoms with Gasteiger partial charge in [-0.15, -0.1) is 0 Å². The van der Waals surface area contributed by atoms with Gasteiger partial charge in [0.25, 0.3) is 0 Å². The van der Waals surface area contributed by atoms with Crippen LogP contribution >= 0.6 is 0 Å². The molecule has 1 saturated carbocycles. The predicted molar refractivity (Wildman–Crippen MR) is 87.7 cm³/mol. The van der Waals surface area contributed by atoms with Crippen molar-refractivity contribution in [3.8, 4) is 0 Å². The van der Waals surface area contributed by atoms with E-state index in [1.165, 1.54) is 5.56 Å². The second kappa shape index (κ2) is 5.38. The van der Waals surface area contributed by atoms with Crippen molar-refractivity contribution < 1.29 is 4.79 Å². The SMILES string of the molecule is O=C(Cc1ccc2cnccc2c1)[C@@H]1C[C@H]1c1ccccc1. The van der Waals surface area contributed by atoms with Crippen LogP contribution in [0.2, 0.25) is 0 Å². The van der Waals surface area contributed by atoms with Gasteiger partial charge in [-0.05, 0) is 34.9 Å². The molecular formula is C20H17NO. The largest absolute Gasteiger partial charge is 0.299 e. The summed E-state index contributed by atoms with van der Waals surface area (Å²) in [6.07, 6.45) is 5.18. The molecule has 0 bridgehead atoms. The highest BCUT2D eigenvalue weighted by molar-refractivity contribution is 5.89. The average molecular weight is 287 g/mol. The Morgan fingerprint density at radius 1 is 1.05 bits per heavy atom. The van der Waals surface area contributed by atoms with Crippen LogP contribution in [0.5, 0.6) is 0 Å². The van der Waals surface area contributed by atoms with Crippen LogP contribution in [0.3, 0.4) is 0 Å². The number of carbonyl (C=O) groups is 1. The van der Waals surface area contributed by atoms with Crippen molar-refractivity contribution in [3.63, 3.8) is 0 Å². The van der Waals surface area contributed by atoms with Gasteiger partial charge < -0.3 is 0 Å². The molecule has 3 aromatic rings. The molecule has 1 aromatic heterocycles. The van der Waals surface area contributed by atoms with E-state index in [4.69, 9.17) is 0 Å². The van der Waals surface area contributed by atoms with Crippen LogP contribution in [0.1, 0.15) is 23.5 Å². The standard InChI is InChI=1S/C20H17NO/c22-20(19-12-18(19)15-4-2-1-3-5-15)11-14-6-7-17-13-21-9-8-16(17)10-14/h1-10,13,18-19H,11-12H2/t18-,19+/m0/s1. The summed E-state index contributed by atoms with van der Waals surface area (Å²) in [7, 11) is 0. The maximum absolute atomic E-state index is 12.5. The van der Waals surface area contributed by atoms with E-state index in [9.17, 15) is 4.79 Å². The Labute approximate surface area is 129 Å². The molecule has 0 aliphatic heterocycles. The van der Waals surface area contributed by atoms with Crippen molar-refractivity contribution in [2.75, 3.05) is 0 Å². The van der Waals surface area contributed by atoms with Gasteiger partial charge in [-0.25, -0.2) is 0 Å². The molecule has 0 saturated heterocycles. The highest BCUT2D eigenvalue weighted by Gasteiger charge is 2.43. The van der Waals surface area contributed by atoms with Crippen molar-refractivity contribution in [1.29, 1.82) is 0 Å². The molecule has 2 nitrogen and oxygen atoms in total. The Morgan fingerprint density at radius 3 is 2.77 bits per heavy atom. The van der Waals surface area contributed by atoms with Crippen LogP contribution in [0, 0.1) is 5.92 Å². The van der Waals surface area contributed by atoms with Crippen molar-refractivity contribution in [1.82, 2.24) is 4.98 Å². The molecule has 4 rings (SSSR count). The van der Waals surface area contributed by atoms with Gasteiger partial charge in [-0.1, -0.05) is 48.5 Å². The van der Waals surface area contributed by atoms with Crippen LogP contribution in [0.25, 0.3) is 10.8 Å². The summed E-state index contributed by atoms with van der Waals surface area (Å²) in [6.45, 7) is 0. The van der Waals surface area contributed by atoms with E-state index < -0.39 is 0 Å². The lowest BCUT2D eigenvalue weighted by molar-refractivity contribution is -0.119. The number of Topliss-reactive ketones (excluding diaryl/α,β-unsaturated/α-hetero) is 1. The second-order valence-electron chi connectivity index (χ2n) is 6.06. The van der Waals surface area contributed by atoms with Crippen molar-refractivity contribution in [2.45, 2.75) is 18.8 Å². The average Bonchev–Trinajstić information content (AvgIpc) is 3.36. The minimum absolute atomic E-state index is 0.204. The Balaban J connectivity index is 1.48. The minimum Gasteiger partial charge on any atom is -0.299 e. The molecule has 1 aliphatic carbocycles. The summed E-state index contributed by atoms with van der Waals surface area (Å²) in [4.78, 5) is 16.6. The topological polar surface area (TPSA) is 30.0 Å². The molecule has 0 amide bonds. The fourth-order valence-electron chi connectivity index (χ4n) is 3.19. The van der Waals surface area contributed by atoms with Gasteiger partial charge >= 0.3 is 0 Å². The Bertz CT molecular complexity index is 825. The summed E-state index contributed by atoms with van der Waals surface area (Å²) in [5.41, 5.74) is 2.40. The third kappa shape index (κ3) is 2.52. The summed E-state index contributed by atoms with van der Waals surface area (Å²) < 4.78 is 0. The number of hydrogen-bond donors (Lipinski definition) is 0. The molecule has 2 heteroatoms. The molecule has 1 fully saturated rings. The van der Waals surface area contributed by atoms with E-state index >= 15 is 0 Å². The van der Waals surface area contributed by atoms with Gasteiger partial charge in [0, 0.05) is 30.1 Å². The fraction of sp³-hybridized carbons (Fsp3) is 0.200. The monoisotopic (exact) mass is 287 g/mol. The predicted octanol–water partition coefficient (Wildman–Crippen LogP) is 4.15. The van der Waals surface area contributed by atoms with E-state index in [-0.39, 0.29) is 5.92 Å². The van der Waals surface area contributed by atoms with Crippen LogP contribution in [0.4, 0.5) is 0 Å². The molecular weight excluding hydrogens is 270 g/mol. The lowest BCUT2D eigenvalue weighted by Crippen LogP contribution is -2.06. The molecule has 108 valence electrons. The molecule has 22 heavy (non-hydrogen) atoms. The van der Waals surface area contributed by atoms with Crippen molar-refractivity contribution in [3.05, 3.63) is 78.1 Å². The summed E-state index contributed by atoms with van der Waals surface area (Å²) >= 11 is 0. The second-order valence-corrected chi connectivity index (χ2v) is 6.06. The van der Waals surface area contributed by atoms with Crippen LogP contribution < -0.4 is 0 Å². The van der Waals surface area contributed by atoms with Gasteiger partial charge in [-0.2, -0.15) is 0 Å². The Kier molecular flexibility index (Phi) is 3.23. The number of aromatic nitrogens is 1. The zero-order chi connectivity index (χ0) is 14.9. The third-order valence-corrected chi connectivity index (χ3v) is 4.52. The van der Waals surface area contributed by atoms with Gasteiger partial charge in [0.1, 0.15) is 5.78 Å². The first-order valence-corrected chi connectivity index (χ1v) is 7.71. The number of carbonyl (C=O) groups excluding carboxylic acids is 1. The molecule has 2 aromatic carbocycles. The van der Waals surface area contributed by atoms with Crippen molar-refractivity contribution >= 4 is 16.6 Å². The summed E-state index contributed by atoms with van der Waals surface area (Å²) in [5, 5.41) is 2.27. The first kappa shape index (κ1) is 13.2. The zero-order valence-electron chi connectivity index (χ0n) is 12.3. The third-order valence-electron chi connectivity index (χ3n) is 4.52. The number of rotatable bonds is 4. The van der Waals surface area contributed by atoms with Crippen LogP contribution in [-0.4, -0.2) is 10.8 Å².